The first-order valence-electron chi connectivity index (χ1n) is 10.2. The van der Waals surface area contributed by atoms with Crippen molar-refractivity contribution in [2.75, 3.05) is 49.1 Å². The van der Waals surface area contributed by atoms with Gasteiger partial charge in [-0.15, -0.1) is 0 Å². The number of piperazine rings is 1. The van der Waals surface area contributed by atoms with Gasteiger partial charge >= 0.3 is 0 Å². The number of aromatic nitrogens is 4. The van der Waals surface area contributed by atoms with E-state index in [0.29, 0.717) is 37.2 Å². The molecule has 1 aromatic carbocycles. The lowest BCUT2D eigenvalue weighted by atomic mass is 10.1. The van der Waals surface area contributed by atoms with Crippen LogP contribution in [-0.2, 0) is 10.0 Å². The van der Waals surface area contributed by atoms with Crippen LogP contribution >= 0.6 is 11.7 Å². The predicted octanol–water partition coefficient (Wildman–Crippen LogP) is 1.98. The fourth-order valence-corrected chi connectivity index (χ4v) is 6.27. The van der Waals surface area contributed by atoms with E-state index in [-0.39, 0.29) is 4.90 Å². The highest BCUT2D eigenvalue weighted by Crippen LogP contribution is 2.27. The fraction of sp³-hybridized carbons (Fsp3) is 0.474. The Morgan fingerprint density at radius 1 is 0.833 bits per heavy atom. The van der Waals surface area contributed by atoms with Gasteiger partial charge in [0.05, 0.1) is 11.7 Å². The van der Waals surface area contributed by atoms with Crippen molar-refractivity contribution in [3.8, 4) is 0 Å². The van der Waals surface area contributed by atoms with Crippen molar-refractivity contribution >= 4 is 44.4 Å². The third kappa shape index (κ3) is 3.61. The first-order chi connectivity index (χ1) is 14.6. The van der Waals surface area contributed by atoms with E-state index in [1.807, 2.05) is 6.07 Å². The van der Waals surface area contributed by atoms with E-state index in [9.17, 15) is 8.42 Å². The minimum absolute atomic E-state index is 0.233. The Kier molecular flexibility index (Phi) is 5.25. The lowest BCUT2D eigenvalue weighted by Crippen LogP contribution is -2.49. The van der Waals surface area contributed by atoms with E-state index in [1.165, 1.54) is 23.6 Å². The molecule has 2 fully saturated rings. The van der Waals surface area contributed by atoms with Gasteiger partial charge in [-0.2, -0.15) is 13.1 Å². The number of hydrogen-bond donors (Lipinski definition) is 0. The van der Waals surface area contributed by atoms with Crippen molar-refractivity contribution in [1.29, 1.82) is 0 Å². The standard InChI is InChI=1S/C19H23N7O2S2/c27-30(28,16-6-4-5-15-19(16)23-29-22-15)26-11-9-25(10-12-26)18-13-17(20-14-21-18)24-7-2-1-3-8-24/h4-6,13-14H,1-3,7-12H2. The average molecular weight is 446 g/mol. The Bertz CT molecular complexity index is 1140. The first kappa shape index (κ1) is 19.6. The lowest BCUT2D eigenvalue weighted by molar-refractivity contribution is 0.384. The number of anilines is 2. The molecule has 30 heavy (non-hydrogen) atoms. The van der Waals surface area contributed by atoms with Gasteiger partial charge in [-0.3, -0.25) is 0 Å². The Morgan fingerprint density at radius 3 is 2.27 bits per heavy atom. The van der Waals surface area contributed by atoms with Gasteiger partial charge in [-0.05, 0) is 31.4 Å². The van der Waals surface area contributed by atoms with Crippen LogP contribution in [0.25, 0.3) is 11.0 Å². The van der Waals surface area contributed by atoms with Crippen LogP contribution in [0, 0.1) is 0 Å². The fourth-order valence-electron chi connectivity index (χ4n) is 4.09. The van der Waals surface area contributed by atoms with Crippen molar-refractivity contribution in [3.05, 3.63) is 30.6 Å². The van der Waals surface area contributed by atoms with Crippen molar-refractivity contribution < 1.29 is 8.42 Å². The maximum atomic E-state index is 13.2. The van der Waals surface area contributed by atoms with Gasteiger partial charge in [0.2, 0.25) is 10.0 Å². The number of sulfonamides is 1. The summed E-state index contributed by atoms with van der Waals surface area (Å²) in [6, 6.07) is 7.14. The summed E-state index contributed by atoms with van der Waals surface area (Å²) in [5.74, 6) is 1.81. The molecule has 11 heteroatoms. The minimum Gasteiger partial charge on any atom is -0.356 e. The molecule has 0 saturated carbocycles. The molecule has 158 valence electrons. The summed E-state index contributed by atoms with van der Waals surface area (Å²) in [5.41, 5.74) is 1.07. The van der Waals surface area contributed by atoms with Gasteiger partial charge in [0.25, 0.3) is 0 Å². The van der Waals surface area contributed by atoms with Gasteiger partial charge in [-0.25, -0.2) is 18.4 Å². The topological polar surface area (TPSA) is 95.4 Å². The van der Waals surface area contributed by atoms with E-state index in [1.54, 1.807) is 24.5 Å². The summed E-state index contributed by atoms with van der Waals surface area (Å²) in [4.78, 5) is 13.6. The summed E-state index contributed by atoms with van der Waals surface area (Å²) in [6.07, 6.45) is 5.27. The number of benzene rings is 1. The molecule has 9 nitrogen and oxygen atoms in total. The van der Waals surface area contributed by atoms with E-state index in [4.69, 9.17) is 0 Å². The summed E-state index contributed by atoms with van der Waals surface area (Å²) in [6.45, 7) is 4.03. The van der Waals surface area contributed by atoms with E-state index < -0.39 is 10.0 Å². The molecule has 0 spiro atoms. The Hall–Kier alpha value is -2.37. The molecule has 0 amide bonds. The Balaban J connectivity index is 1.31. The molecular weight excluding hydrogens is 422 g/mol. The summed E-state index contributed by atoms with van der Waals surface area (Å²) >= 11 is 1.03. The molecule has 2 saturated heterocycles. The summed E-state index contributed by atoms with van der Waals surface area (Å²) in [5, 5.41) is 0. The average Bonchev–Trinajstić information content (AvgIpc) is 3.29. The molecule has 0 N–H and O–H groups in total. The van der Waals surface area contributed by atoms with Crippen LogP contribution in [0.4, 0.5) is 11.6 Å². The maximum Gasteiger partial charge on any atom is 0.245 e. The maximum absolute atomic E-state index is 13.2. The zero-order valence-corrected chi connectivity index (χ0v) is 18.1. The minimum atomic E-state index is -3.62. The molecular formula is C19H23N7O2S2. The molecule has 2 aromatic heterocycles. The van der Waals surface area contributed by atoms with Gasteiger partial charge in [0.1, 0.15) is 33.9 Å². The molecule has 4 heterocycles. The molecule has 2 aliphatic rings. The predicted molar refractivity (Wildman–Crippen MR) is 116 cm³/mol. The molecule has 0 bridgehead atoms. The van der Waals surface area contributed by atoms with Crippen LogP contribution in [0.1, 0.15) is 19.3 Å². The van der Waals surface area contributed by atoms with Gasteiger partial charge < -0.3 is 9.80 Å². The van der Waals surface area contributed by atoms with Crippen LogP contribution in [0.5, 0.6) is 0 Å². The smallest absolute Gasteiger partial charge is 0.245 e. The molecule has 0 unspecified atom stereocenters. The van der Waals surface area contributed by atoms with Crippen molar-refractivity contribution in [2.45, 2.75) is 24.2 Å². The largest absolute Gasteiger partial charge is 0.356 e. The number of nitrogens with zero attached hydrogens (tertiary/aromatic N) is 7. The molecule has 0 aliphatic carbocycles. The molecule has 0 radical (unpaired) electrons. The highest BCUT2D eigenvalue weighted by molar-refractivity contribution is 7.89. The highest BCUT2D eigenvalue weighted by atomic mass is 32.2. The third-order valence-corrected chi connectivity index (χ3v) is 8.22. The number of hydrogen-bond acceptors (Lipinski definition) is 9. The second kappa shape index (κ2) is 8.05. The zero-order chi connectivity index (χ0) is 20.6. The van der Waals surface area contributed by atoms with Gasteiger partial charge in [0, 0.05) is 45.3 Å². The van der Waals surface area contributed by atoms with Crippen LogP contribution in [0.3, 0.4) is 0 Å². The van der Waals surface area contributed by atoms with Crippen molar-refractivity contribution in [2.24, 2.45) is 0 Å². The number of piperidine rings is 1. The zero-order valence-electron chi connectivity index (χ0n) is 16.5. The van der Waals surface area contributed by atoms with E-state index in [2.05, 4.69) is 28.5 Å². The number of fused-ring (bicyclic) bond motifs is 1. The Morgan fingerprint density at radius 2 is 1.53 bits per heavy atom. The van der Waals surface area contributed by atoms with E-state index in [0.717, 1.165) is 36.5 Å². The Labute approximate surface area is 179 Å². The third-order valence-electron chi connectivity index (χ3n) is 5.75. The normalized spacial score (nSPS) is 18.8. The highest BCUT2D eigenvalue weighted by Gasteiger charge is 2.31. The monoisotopic (exact) mass is 445 g/mol. The van der Waals surface area contributed by atoms with Gasteiger partial charge in [-0.1, -0.05) is 6.07 Å². The molecule has 2 aliphatic heterocycles. The molecule has 5 rings (SSSR count). The second-order valence-corrected chi connectivity index (χ2v) is 10.00. The van der Waals surface area contributed by atoms with E-state index >= 15 is 0 Å². The SMILES string of the molecule is O=S(=O)(c1cccc2nsnc12)N1CCN(c2cc(N3CCCCC3)ncn2)CC1. The van der Waals surface area contributed by atoms with Gasteiger partial charge in [0.15, 0.2) is 0 Å². The van der Waals surface area contributed by atoms with Crippen LogP contribution in [0.15, 0.2) is 35.5 Å². The van der Waals surface area contributed by atoms with Crippen LogP contribution in [-0.4, -0.2) is 70.7 Å². The number of rotatable bonds is 4. The quantitative estimate of drug-likeness (QED) is 0.602. The molecule has 0 atom stereocenters. The van der Waals surface area contributed by atoms with Crippen molar-refractivity contribution in [1.82, 2.24) is 23.0 Å². The summed E-state index contributed by atoms with van der Waals surface area (Å²) < 4.78 is 36.3. The second-order valence-electron chi connectivity index (χ2n) is 7.56. The van der Waals surface area contributed by atoms with Crippen molar-refractivity contribution in [3.63, 3.8) is 0 Å². The first-order valence-corrected chi connectivity index (χ1v) is 12.3. The van der Waals surface area contributed by atoms with Crippen LogP contribution < -0.4 is 9.80 Å². The lowest BCUT2D eigenvalue weighted by Gasteiger charge is -2.35. The van der Waals surface area contributed by atoms with Crippen LogP contribution in [0.2, 0.25) is 0 Å². The molecule has 3 aromatic rings. The summed E-state index contributed by atoms with van der Waals surface area (Å²) in [7, 11) is -3.62.